The number of aromatic hydroxyl groups is 1. The van der Waals surface area contributed by atoms with Crippen molar-refractivity contribution in [3.05, 3.63) is 95.2 Å². The number of methoxy groups -OCH3 is 1. The number of aromatic nitrogens is 2. The molecule has 3 aromatic carbocycles. The Kier molecular flexibility index (Phi) is 7.63. The first kappa shape index (κ1) is 26.0. The smallest absolute Gasteiger partial charge is 0.342 e. The van der Waals surface area contributed by atoms with Crippen LogP contribution < -0.4 is 15.4 Å². The molecule has 1 aliphatic carbocycles. The summed E-state index contributed by atoms with van der Waals surface area (Å²) in [4.78, 5) is 26.3. The van der Waals surface area contributed by atoms with Crippen LogP contribution in [0.15, 0.2) is 72.8 Å². The molecule has 8 heteroatoms. The van der Waals surface area contributed by atoms with E-state index in [1.807, 2.05) is 37.3 Å². The first-order chi connectivity index (χ1) is 18.9. The SMILES string of the molecule is COc1ccccc1C(=O)Nc1ccc(O)c(-c2cc(C3CCCC3)n(C(=O)NCc3ccccc3C)n2)c1. The van der Waals surface area contributed by atoms with E-state index in [1.165, 1.54) is 17.9 Å². The van der Waals surface area contributed by atoms with E-state index in [0.29, 0.717) is 34.8 Å². The second-order valence-electron chi connectivity index (χ2n) is 9.82. The summed E-state index contributed by atoms with van der Waals surface area (Å²) in [5.74, 6) is 0.349. The van der Waals surface area contributed by atoms with Crippen LogP contribution in [-0.2, 0) is 6.54 Å². The summed E-state index contributed by atoms with van der Waals surface area (Å²) in [7, 11) is 1.51. The minimum Gasteiger partial charge on any atom is -0.507 e. The van der Waals surface area contributed by atoms with Crippen molar-refractivity contribution in [2.45, 2.75) is 45.1 Å². The zero-order valence-electron chi connectivity index (χ0n) is 22.1. The van der Waals surface area contributed by atoms with Crippen LogP contribution >= 0.6 is 0 Å². The molecule has 1 fully saturated rings. The third-order valence-electron chi connectivity index (χ3n) is 7.28. The first-order valence-corrected chi connectivity index (χ1v) is 13.1. The van der Waals surface area contributed by atoms with Crippen LogP contribution in [0.5, 0.6) is 11.5 Å². The van der Waals surface area contributed by atoms with Crippen LogP contribution in [-0.4, -0.2) is 33.9 Å². The summed E-state index contributed by atoms with van der Waals surface area (Å²) in [6.07, 6.45) is 4.17. The fourth-order valence-corrected chi connectivity index (χ4v) is 5.11. The predicted molar refractivity (Wildman–Crippen MR) is 150 cm³/mol. The molecule has 0 bridgehead atoms. The maximum Gasteiger partial charge on any atom is 0.342 e. The van der Waals surface area contributed by atoms with Crippen molar-refractivity contribution in [2.75, 3.05) is 12.4 Å². The fraction of sp³-hybridized carbons (Fsp3) is 0.258. The van der Waals surface area contributed by atoms with E-state index in [1.54, 1.807) is 36.4 Å². The number of phenolic OH excluding ortho intramolecular Hbond substituents is 1. The lowest BCUT2D eigenvalue weighted by molar-refractivity contribution is 0.102. The molecular weight excluding hydrogens is 492 g/mol. The molecule has 8 nitrogen and oxygen atoms in total. The van der Waals surface area contributed by atoms with Gasteiger partial charge in [0, 0.05) is 23.7 Å². The Bertz CT molecular complexity index is 1500. The Balaban J connectivity index is 1.43. The molecule has 2 amide bonds. The third kappa shape index (κ3) is 5.65. The largest absolute Gasteiger partial charge is 0.507 e. The molecule has 0 saturated heterocycles. The van der Waals surface area contributed by atoms with Gasteiger partial charge in [-0.25, -0.2) is 4.79 Å². The highest BCUT2D eigenvalue weighted by Crippen LogP contribution is 2.38. The molecular formula is C31H32N4O4. The molecule has 0 atom stereocenters. The zero-order valence-corrected chi connectivity index (χ0v) is 22.1. The summed E-state index contributed by atoms with van der Waals surface area (Å²) < 4.78 is 6.74. The molecule has 1 aromatic heterocycles. The van der Waals surface area contributed by atoms with E-state index in [0.717, 1.165) is 42.5 Å². The van der Waals surface area contributed by atoms with E-state index in [2.05, 4.69) is 15.7 Å². The predicted octanol–water partition coefficient (Wildman–Crippen LogP) is 6.24. The average Bonchev–Trinajstić information content (AvgIpc) is 3.64. The minimum absolute atomic E-state index is 0.00762. The number of benzene rings is 3. The Morgan fingerprint density at radius 1 is 1.03 bits per heavy atom. The van der Waals surface area contributed by atoms with Gasteiger partial charge in [-0.1, -0.05) is 49.2 Å². The van der Waals surface area contributed by atoms with Crippen molar-refractivity contribution < 1.29 is 19.4 Å². The molecule has 0 radical (unpaired) electrons. The molecule has 0 spiro atoms. The van der Waals surface area contributed by atoms with Crippen LogP contribution in [0.3, 0.4) is 0 Å². The topological polar surface area (TPSA) is 105 Å². The van der Waals surface area contributed by atoms with Gasteiger partial charge < -0.3 is 20.5 Å². The lowest BCUT2D eigenvalue weighted by atomic mass is 10.0. The molecule has 200 valence electrons. The van der Waals surface area contributed by atoms with Crippen LogP contribution in [0, 0.1) is 6.92 Å². The van der Waals surface area contributed by atoms with Gasteiger partial charge in [0.15, 0.2) is 0 Å². The van der Waals surface area contributed by atoms with Crippen molar-refractivity contribution in [1.82, 2.24) is 15.1 Å². The highest BCUT2D eigenvalue weighted by atomic mass is 16.5. The highest BCUT2D eigenvalue weighted by Gasteiger charge is 2.26. The van der Waals surface area contributed by atoms with Gasteiger partial charge in [-0.05, 0) is 67.3 Å². The summed E-state index contributed by atoms with van der Waals surface area (Å²) in [5, 5.41) is 21.2. The van der Waals surface area contributed by atoms with Gasteiger partial charge in [-0.15, -0.1) is 0 Å². The van der Waals surface area contributed by atoms with Gasteiger partial charge in [0.1, 0.15) is 11.5 Å². The van der Waals surface area contributed by atoms with Gasteiger partial charge in [-0.2, -0.15) is 9.78 Å². The van der Waals surface area contributed by atoms with E-state index >= 15 is 0 Å². The number of para-hydroxylation sites is 1. The van der Waals surface area contributed by atoms with E-state index in [-0.39, 0.29) is 23.6 Å². The van der Waals surface area contributed by atoms with Crippen molar-refractivity contribution in [3.8, 4) is 22.8 Å². The lowest BCUT2D eigenvalue weighted by Crippen LogP contribution is -2.31. The normalized spacial score (nSPS) is 13.3. The molecule has 5 rings (SSSR count). The number of anilines is 1. The number of hydrogen-bond acceptors (Lipinski definition) is 5. The van der Waals surface area contributed by atoms with Crippen LogP contribution in [0.25, 0.3) is 11.3 Å². The summed E-state index contributed by atoms with van der Waals surface area (Å²) in [6.45, 7) is 2.40. The van der Waals surface area contributed by atoms with Crippen molar-refractivity contribution >= 4 is 17.6 Å². The molecule has 0 unspecified atom stereocenters. The number of phenols is 1. The second-order valence-corrected chi connectivity index (χ2v) is 9.82. The van der Waals surface area contributed by atoms with Crippen LogP contribution in [0.4, 0.5) is 10.5 Å². The Hall–Kier alpha value is -4.59. The fourth-order valence-electron chi connectivity index (χ4n) is 5.11. The van der Waals surface area contributed by atoms with Crippen molar-refractivity contribution in [2.24, 2.45) is 0 Å². The molecule has 1 saturated carbocycles. The van der Waals surface area contributed by atoms with Gasteiger partial charge >= 0.3 is 6.03 Å². The number of rotatable bonds is 7. The summed E-state index contributed by atoms with van der Waals surface area (Å²) in [6, 6.07) is 21.3. The maximum atomic E-state index is 13.3. The van der Waals surface area contributed by atoms with Crippen molar-refractivity contribution in [1.29, 1.82) is 0 Å². The quantitative estimate of drug-likeness (QED) is 0.248. The molecule has 4 aromatic rings. The second kappa shape index (κ2) is 11.4. The molecule has 1 heterocycles. The Labute approximate surface area is 227 Å². The number of amides is 2. The summed E-state index contributed by atoms with van der Waals surface area (Å²) >= 11 is 0. The van der Waals surface area contributed by atoms with Gasteiger partial charge in [0.2, 0.25) is 0 Å². The molecule has 3 N–H and O–H groups in total. The summed E-state index contributed by atoms with van der Waals surface area (Å²) in [5.41, 5.74) is 4.75. The van der Waals surface area contributed by atoms with Gasteiger partial charge in [0.05, 0.1) is 24.1 Å². The van der Waals surface area contributed by atoms with Crippen molar-refractivity contribution in [3.63, 3.8) is 0 Å². The number of hydrogen-bond donors (Lipinski definition) is 3. The lowest BCUT2D eigenvalue weighted by Gasteiger charge is -2.13. The first-order valence-electron chi connectivity index (χ1n) is 13.1. The van der Waals surface area contributed by atoms with E-state index in [4.69, 9.17) is 4.74 Å². The Morgan fingerprint density at radius 3 is 2.54 bits per heavy atom. The number of nitrogens with zero attached hydrogens (tertiary/aromatic N) is 2. The number of carbonyl (C=O) groups is 2. The minimum atomic E-state index is -0.336. The van der Waals surface area contributed by atoms with Gasteiger partial charge in [0.25, 0.3) is 5.91 Å². The Morgan fingerprint density at radius 2 is 1.77 bits per heavy atom. The number of aryl methyl sites for hydroxylation is 1. The number of nitrogens with one attached hydrogen (secondary N) is 2. The molecule has 1 aliphatic rings. The monoisotopic (exact) mass is 524 g/mol. The van der Waals surface area contributed by atoms with Crippen LogP contribution in [0.2, 0.25) is 0 Å². The highest BCUT2D eigenvalue weighted by molar-refractivity contribution is 6.06. The van der Waals surface area contributed by atoms with Gasteiger partial charge in [-0.3, -0.25) is 4.79 Å². The third-order valence-corrected chi connectivity index (χ3v) is 7.28. The molecule has 39 heavy (non-hydrogen) atoms. The van der Waals surface area contributed by atoms with E-state index < -0.39 is 0 Å². The number of carbonyl (C=O) groups excluding carboxylic acids is 2. The average molecular weight is 525 g/mol. The number of ether oxygens (including phenoxy) is 1. The maximum absolute atomic E-state index is 13.3. The van der Waals surface area contributed by atoms with Crippen LogP contribution in [0.1, 0.15) is 58.8 Å². The molecule has 0 aliphatic heterocycles. The van der Waals surface area contributed by atoms with E-state index in [9.17, 15) is 14.7 Å². The zero-order chi connectivity index (χ0) is 27.4. The standard InChI is InChI=1S/C31H32N4O4/c1-20-9-3-4-12-22(20)19-32-31(38)35-27(21-10-5-6-11-21)18-26(34-35)25-17-23(15-16-28(25)36)33-30(37)24-13-7-8-14-29(24)39-2/h3-4,7-9,12-18,21,36H,5-6,10-11,19H2,1-2H3,(H,32,38)(H,33,37).